The van der Waals surface area contributed by atoms with Crippen molar-refractivity contribution in [3.63, 3.8) is 0 Å². The molecule has 0 saturated heterocycles. The number of benzene rings is 5. The summed E-state index contributed by atoms with van der Waals surface area (Å²) in [6.07, 6.45) is -6.21. The van der Waals surface area contributed by atoms with Crippen LogP contribution in [0.4, 0.5) is 54.9 Å². The van der Waals surface area contributed by atoms with Gasteiger partial charge in [-0.15, -0.1) is 0 Å². The van der Waals surface area contributed by atoms with Gasteiger partial charge in [-0.3, -0.25) is 0 Å². The standard InChI is InChI=1S/C52H49F6N5S/c1-27-19-43(33-9-13-37(14-10-33)60-45-26-40(63(7)8)17-18-59-45)31(5)48-41(27)21-29(3)46(48)47-30(4)22-42-28(2)20-44(32(6)49(42)47)34-11-15-38(16-12-34)61-50(64)62-39-24-35(51(53,54)55)23-36(25-39)52(56,57)58/h9-20,23-26,29-30H,21-22H2,1-8H3,(H,59,60)(H2,61,62,64)/b47-46+/t29-,30-/m1/s1. The number of aryl methyl sites for hydroxylation is 2. The summed E-state index contributed by atoms with van der Waals surface area (Å²) in [5.74, 6) is 1.42. The molecule has 6 aromatic rings. The third kappa shape index (κ3) is 8.59. The van der Waals surface area contributed by atoms with Crippen LogP contribution in [0.2, 0.25) is 0 Å². The number of hydrogen-bond donors (Lipinski definition) is 3. The molecule has 1 aromatic heterocycles. The van der Waals surface area contributed by atoms with E-state index in [-0.39, 0.29) is 11.2 Å². The van der Waals surface area contributed by atoms with E-state index in [0.717, 1.165) is 46.7 Å². The molecule has 2 aliphatic rings. The number of alkyl halides is 6. The number of aromatic nitrogens is 1. The van der Waals surface area contributed by atoms with Crippen LogP contribution in [0.1, 0.15) is 69.5 Å². The lowest BCUT2D eigenvalue weighted by Crippen LogP contribution is -2.20. The Balaban J connectivity index is 1.09. The molecule has 330 valence electrons. The minimum absolute atomic E-state index is 0.0827. The first-order chi connectivity index (χ1) is 30.2. The van der Waals surface area contributed by atoms with Crippen LogP contribution in [0.3, 0.4) is 0 Å². The highest BCUT2D eigenvalue weighted by Gasteiger charge is 2.38. The maximum atomic E-state index is 13.5. The van der Waals surface area contributed by atoms with Crippen LogP contribution >= 0.6 is 12.2 Å². The van der Waals surface area contributed by atoms with Crippen LogP contribution in [-0.4, -0.2) is 24.2 Å². The number of hydrogen-bond acceptors (Lipinski definition) is 4. The van der Waals surface area contributed by atoms with Crippen LogP contribution in [0, 0.1) is 39.5 Å². The number of thiocarbonyl (C=S) groups is 1. The van der Waals surface area contributed by atoms with Crippen molar-refractivity contribution >= 4 is 57.0 Å². The number of allylic oxidation sites excluding steroid dienone is 2. The maximum Gasteiger partial charge on any atom is 0.416 e. The lowest BCUT2D eigenvalue weighted by Gasteiger charge is -2.22. The topological polar surface area (TPSA) is 52.2 Å². The molecular formula is C52H49F6N5S. The zero-order valence-corrected chi connectivity index (χ0v) is 37.7. The summed E-state index contributed by atoms with van der Waals surface area (Å²) in [4.78, 5) is 6.56. The van der Waals surface area contributed by atoms with E-state index < -0.39 is 29.2 Å². The van der Waals surface area contributed by atoms with Crippen molar-refractivity contribution in [2.24, 2.45) is 11.8 Å². The van der Waals surface area contributed by atoms with Crippen molar-refractivity contribution in [1.82, 2.24) is 4.98 Å². The maximum absolute atomic E-state index is 13.5. The number of pyridine rings is 1. The monoisotopic (exact) mass is 889 g/mol. The Hall–Kier alpha value is -6.14. The highest BCUT2D eigenvalue weighted by molar-refractivity contribution is 7.80. The van der Waals surface area contributed by atoms with Crippen LogP contribution in [-0.2, 0) is 25.2 Å². The van der Waals surface area contributed by atoms with Crippen molar-refractivity contribution < 1.29 is 26.3 Å². The van der Waals surface area contributed by atoms with Gasteiger partial charge < -0.3 is 20.9 Å². The van der Waals surface area contributed by atoms with Gasteiger partial charge >= 0.3 is 12.4 Å². The van der Waals surface area contributed by atoms with Gasteiger partial charge in [0, 0.05) is 49.1 Å². The first kappa shape index (κ1) is 44.5. The number of nitrogens with one attached hydrogen (secondary N) is 3. The van der Waals surface area contributed by atoms with Crippen molar-refractivity contribution in [1.29, 1.82) is 0 Å². The van der Waals surface area contributed by atoms with Gasteiger partial charge in [0.05, 0.1) is 11.1 Å². The highest BCUT2D eigenvalue weighted by atomic mass is 32.1. The summed E-state index contributed by atoms with van der Waals surface area (Å²) in [6, 6.07) is 25.9. The molecule has 0 spiro atoms. The lowest BCUT2D eigenvalue weighted by atomic mass is 9.82. The fourth-order valence-electron chi connectivity index (χ4n) is 9.61. The van der Waals surface area contributed by atoms with Crippen molar-refractivity contribution in [3.05, 3.63) is 153 Å². The van der Waals surface area contributed by atoms with Gasteiger partial charge in [-0.25, -0.2) is 4.98 Å². The lowest BCUT2D eigenvalue weighted by molar-refractivity contribution is -0.143. The number of fused-ring (bicyclic) bond motifs is 2. The van der Waals surface area contributed by atoms with E-state index in [1.54, 1.807) is 18.3 Å². The van der Waals surface area contributed by atoms with Gasteiger partial charge in [0.25, 0.3) is 0 Å². The molecule has 0 fully saturated rings. The van der Waals surface area contributed by atoms with Gasteiger partial charge in [-0.05, 0) is 191 Å². The summed E-state index contributed by atoms with van der Waals surface area (Å²) < 4.78 is 80.7. The van der Waals surface area contributed by atoms with E-state index in [1.165, 1.54) is 61.2 Å². The Morgan fingerprint density at radius 3 is 1.52 bits per heavy atom. The molecule has 12 heteroatoms. The number of halogens is 6. The summed E-state index contributed by atoms with van der Waals surface area (Å²) in [5.41, 5.74) is 17.0. The van der Waals surface area contributed by atoms with Crippen molar-refractivity contribution in [3.8, 4) is 22.3 Å². The number of nitrogens with zero attached hydrogens (tertiary/aromatic N) is 2. The molecule has 1 heterocycles. The molecule has 0 unspecified atom stereocenters. The Morgan fingerprint density at radius 2 is 1.06 bits per heavy atom. The second-order valence-corrected chi connectivity index (χ2v) is 17.8. The molecule has 2 atom stereocenters. The summed E-state index contributed by atoms with van der Waals surface area (Å²) in [6.45, 7) is 13.6. The van der Waals surface area contributed by atoms with Gasteiger partial charge in [0.2, 0.25) is 0 Å². The molecule has 64 heavy (non-hydrogen) atoms. The van der Waals surface area contributed by atoms with Crippen LogP contribution in [0.5, 0.6) is 0 Å². The minimum atomic E-state index is -4.97. The Kier molecular flexibility index (Phi) is 11.7. The van der Waals surface area contributed by atoms with E-state index in [4.69, 9.17) is 12.2 Å². The second-order valence-electron chi connectivity index (χ2n) is 17.4. The van der Waals surface area contributed by atoms with E-state index in [1.807, 2.05) is 43.3 Å². The average Bonchev–Trinajstić information content (AvgIpc) is 3.77. The van der Waals surface area contributed by atoms with Crippen LogP contribution in [0.25, 0.3) is 33.4 Å². The van der Waals surface area contributed by atoms with Crippen molar-refractivity contribution in [2.45, 2.75) is 66.7 Å². The Bertz CT molecular complexity index is 2810. The van der Waals surface area contributed by atoms with Crippen molar-refractivity contribution in [2.75, 3.05) is 34.9 Å². The van der Waals surface area contributed by atoms with E-state index >= 15 is 0 Å². The van der Waals surface area contributed by atoms with Crippen LogP contribution < -0.4 is 20.9 Å². The molecule has 2 aliphatic carbocycles. The molecule has 0 amide bonds. The first-order valence-corrected chi connectivity index (χ1v) is 21.6. The molecule has 3 N–H and O–H groups in total. The number of rotatable bonds is 7. The van der Waals surface area contributed by atoms with Crippen LogP contribution in [0.15, 0.2) is 97.2 Å². The fraction of sp³-hybridized carbons (Fsp3) is 0.269. The number of anilines is 5. The third-order valence-corrected chi connectivity index (χ3v) is 12.9. The SMILES string of the molecule is Cc1cc(-c2ccc(NC(=S)Nc3cc(C(F)(F)F)cc(C(F)(F)F)c3)cc2)c(C)c2c1C[C@@H](C)/C2=C1\c2c(C)c(-c3ccc(Nc4cc(N(C)C)ccn4)cc3)cc(C)c2C[C@H]1C. The predicted molar refractivity (Wildman–Crippen MR) is 253 cm³/mol. The largest absolute Gasteiger partial charge is 0.416 e. The van der Waals surface area contributed by atoms with Gasteiger partial charge in [0.1, 0.15) is 5.82 Å². The van der Waals surface area contributed by atoms with E-state index in [9.17, 15) is 26.3 Å². The normalized spacial score (nSPS) is 17.0. The molecule has 0 bridgehead atoms. The fourth-order valence-corrected chi connectivity index (χ4v) is 9.84. The zero-order valence-electron chi connectivity index (χ0n) is 36.9. The molecule has 5 aromatic carbocycles. The first-order valence-electron chi connectivity index (χ1n) is 21.2. The molecule has 0 radical (unpaired) electrons. The summed E-state index contributed by atoms with van der Waals surface area (Å²) in [5, 5.41) is 8.70. The van der Waals surface area contributed by atoms with E-state index in [0.29, 0.717) is 29.7 Å². The smallest absolute Gasteiger partial charge is 0.378 e. The molecule has 0 saturated carbocycles. The molecule has 5 nitrogen and oxygen atoms in total. The second kappa shape index (κ2) is 16.8. The summed E-state index contributed by atoms with van der Waals surface area (Å²) in [7, 11) is 4.02. The Labute approximate surface area is 375 Å². The average molecular weight is 890 g/mol. The molecule has 0 aliphatic heterocycles. The molecular weight excluding hydrogens is 841 g/mol. The highest BCUT2D eigenvalue weighted by Crippen LogP contribution is 2.54. The minimum Gasteiger partial charge on any atom is -0.378 e. The van der Waals surface area contributed by atoms with Gasteiger partial charge in [-0.1, -0.05) is 50.2 Å². The molecule has 8 rings (SSSR count). The zero-order chi connectivity index (χ0) is 46.0. The van der Waals surface area contributed by atoms with Gasteiger partial charge in [0.15, 0.2) is 5.11 Å². The quantitative estimate of drug-likeness (QED) is 0.110. The van der Waals surface area contributed by atoms with Gasteiger partial charge in [-0.2, -0.15) is 26.3 Å². The third-order valence-electron chi connectivity index (χ3n) is 12.7. The summed E-state index contributed by atoms with van der Waals surface area (Å²) >= 11 is 5.32. The van der Waals surface area contributed by atoms with E-state index in [2.05, 4.69) is 98.9 Å². The predicted octanol–water partition coefficient (Wildman–Crippen LogP) is 14.6. The Morgan fingerprint density at radius 1 is 0.609 bits per heavy atom.